The van der Waals surface area contributed by atoms with Crippen LogP contribution in [0.3, 0.4) is 0 Å². The predicted molar refractivity (Wildman–Crippen MR) is 88.7 cm³/mol. The van der Waals surface area contributed by atoms with Crippen molar-refractivity contribution in [2.75, 3.05) is 5.32 Å². The number of ether oxygens (including phenoxy) is 1. The van der Waals surface area contributed by atoms with E-state index in [1.807, 2.05) is 23.6 Å². The molecule has 116 valence electrons. The van der Waals surface area contributed by atoms with E-state index < -0.39 is 18.0 Å². The molecule has 1 atom stereocenters. The first-order valence-corrected chi connectivity index (χ1v) is 7.69. The van der Waals surface area contributed by atoms with Crippen molar-refractivity contribution in [1.29, 1.82) is 5.26 Å². The molecule has 0 fully saturated rings. The highest BCUT2D eigenvalue weighted by atomic mass is 32.1. The van der Waals surface area contributed by atoms with E-state index >= 15 is 0 Å². The van der Waals surface area contributed by atoms with E-state index in [9.17, 15) is 9.59 Å². The van der Waals surface area contributed by atoms with Gasteiger partial charge in [0.1, 0.15) is 0 Å². The molecule has 2 rings (SSSR count). The first kappa shape index (κ1) is 16.5. The summed E-state index contributed by atoms with van der Waals surface area (Å²) >= 11 is 1.50. The Labute approximate surface area is 137 Å². The zero-order chi connectivity index (χ0) is 16.7. The van der Waals surface area contributed by atoms with Gasteiger partial charge in [-0.25, -0.2) is 4.79 Å². The number of benzene rings is 1. The molecule has 0 saturated carbocycles. The molecule has 1 N–H and O–H groups in total. The predicted octanol–water partition coefficient (Wildman–Crippen LogP) is 3.20. The fourth-order valence-electron chi connectivity index (χ4n) is 1.71. The van der Waals surface area contributed by atoms with Gasteiger partial charge < -0.3 is 10.1 Å². The summed E-state index contributed by atoms with van der Waals surface area (Å²) in [7, 11) is 0. The summed E-state index contributed by atoms with van der Waals surface area (Å²) in [5, 5.41) is 13.3. The van der Waals surface area contributed by atoms with Gasteiger partial charge in [-0.15, -0.1) is 11.3 Å². The summed E-state index contributed by atoms with van der Waals surface area (Å²) < 4.78 is 5.04. The zero-order valence-corrected chi connectivity index (χ0v) is 13.2. The number of nitriles is 1. The third kappa shape index (κ3) is 5.09. The molecule has 23 heavy (non-hydrogen) atoms. The number of esters is 1. The van der Waals surface area contributed by atoms with E-state index in [2.05, 4.69) is 5.32 Å². The van der Waals surface area contributed by atoms with Gasteiger partial charge >= 0.3 is 5.97 Å². The highest BCUT2D eigenvalue weighted by molar-refractivity contribution is 7.10. The van der Waals surface area contributed by atoms with Gasteiger partial charge in [-0.3, -0.25) is 4.79 Å². The number of hydrogen-bond donors (Lipinski definition) is 1. The van der Waals surface area contributed by atoms with Gasteiger partial charge in [-0.05, 0) is 42.6 Å². The van der Waals surface area contributed by atoms with Gasteiger partial charge in [0.05, 0.1) is 11.6 Å². The summed E-state index contributed by atoms with van der Waals surface area (Å²) in [6.07, 6.45) is 1.97. The SMILES string of the molecule is C[C@@H](OC(=O)/C=C/c1cccs1)C(=O)Nc1cccc(C#N)c1. The molecule has 0 aliphatic carbocycles. The number of hydrogen-bond acceptors (Lipinski definition) is 5. The van der Waals surface area contributed by atoms with E-state index in [4.69, 9.17) is 10.00 Å². The molecular weight excluding hydrogens is 312 g/mol. The van der Waals surface area contributed by atoms with Crippen LogP contribution in [0.5, 0.6) is 0 Å². The lowest BCUT2D eigenvalue weighted by molar-refractivity contribution is -0.148. The van der Waals surface area contributed by atoms with E-state index in [-0.39, 0.29) is 0 Å². The van der Waals surface area contributed by atoms with Gasteiger partial charge in [0.2, 0.25) is 0 Å². The molecule has 1 heterocycles. The van der Waals surface area contributed by atoms with Crippen molar-refractivity contribution >= 4 is 35.0 Å². The van der Waals surface area contributed by atoms with Crippen molar-refractivity contribution in [2.24, 2.45) is 0 Å². The third-order valence-corrected chi connectivity index (χ3v) is 3.69. The zero-order valence-electron chi connectivity index (χ0n) is 12.4. The lowest BCUT2D eigenvalue weighted by Crippen LogP contribution is -2.29. The van der Waals surface area contributed by atoms with Crippen LogP contribution in [0.4, 0.5) is 5.69 Å². The molecule has 1 amide bonds. The first-order valence-electron chi connectivity index (χ1n) is 6.81. The average molecular weight is 326 g/mol. The number of nitrogens with one attached hydrogen (secondary N) is 1. The quantitative estimate of drug-likeness (QED) is 0.676. The summed E-state index contributed by atoms with van der Waals surface area (Å²) in [4.78, 5) is 24.6. The molecule has 0 unspecified atom stereocenters. The van der Waals surface area contributed by atoms with Gasteiger partial charge in [0, 0.05) is 16.6 Å². The molecule has 2 aromatic rings. The molecule has 0 spiro atoms. The molecule has 1 aromatic carbocycles. The first-order chi connectivity index (χ1) is 11.1. The standard InChI is InChI=1S/C17H14N2O3S/c1-12(22-16(20)8-7-15-6-3-9-23-15)17(21)19-14-5-2-4-13(10-14)11-18/h2-10,12H,1H3,(H,19,21)/b8-7+/t12-/m1/s1. The molecule has 6 heteroatoms. The molecule has 0 saturated heterocycles. The number of carbonyl (C=O) groups excluding carboxylic acids is 2. The summed E-state index contributed by atoms with van der Waals surface area (Å²) in [5.74, 6) is -1.05. The second-order valence-corrected chi connectivity index (χ2v) is 5.59. The molecule has 5 nitrogen and oxygen atoms in total. The van der Waals surface area contributed by atoms with Crippen LogP contribution < -0.4 is 5.32 Å². The Morgan fingerprint density at radius 2 is 2.17 bits per heavy atom. The smallest absolute Gasteiger partial charge is 0.331 e. The van der Waals surface area contributed by atoms with Crippen molar-refractivity contribution in [2.45, 2.75) is 13.0 Å². The van der Waals surface area contributed by atoms with Crippen molar-refractivity contribution in [3.8, 4) is 6.07 Å². The number of anilines is 1. The minimum atomic E-state index is -0.943. The van der Waals surface area contributed by atoms with Crippen LogP contribution in [-0.2, 0) is 14.3 Å². The van der Waals surface area contributed by atoms with Gasteiger partial charge in [-0.2, -0.15) is 5.26 Å². The molecule has 0 aliphatic heterocycles. The van der Waals surface area contributed by atoms with E-state index in [1.165, 1.54) is 24.3 Å². The van der Waals surface area contributed by atoms with Gasteiger partial charge in [0.15, 0.2) is 6.10 Å². The fraction of sp³-hybridized carbons (Fsp3) is 0.118. The molecule has 0 radical (unpaired) electrons. The number of rotatable bonds is 5. The normalized spacial score (nSPS) is 11.7. The average Bonchev–Trinajstić information content (AvgIpc) is 3.06. The summed E-state index contributed by atoms with van der Waals surface area (Å²) in [6.45, 7) is 1.49. The van der Waals surface area contributed by atoms with E-state index in [1.54, 1.807) is 30.3 Å². The van der Waals surface area contributed by atoms with Crippen molar-refractivity contribution < 1.29 is 14.3 Å². The van der Waals surface area contributed by atoms with Crippen LogP contribution in [0.1, 0.15) is 17.4 Å². The Kier molecular flexibility index (Phi) is 5.67. The molecule has 0 aliphatic rings. The van der Waals surface area contributed by atoms with Crippen molar-refractivity contribution in [3.05, 3.63) is 58.3 Å². The minimum Gasteiger partial charge on any atom is -0.449 e. The monoisotopic (exact) mass is 326 g/mol. The van der Waals surface area contributed by atoms with Crippen molar-refractivity contribution in [1.82, 2.24) is 0 Å². The second-order valence-electron chi connectivity index (χ2n) is 4.61. The maximum Gasteiger partial charge on any atom is 0.331 e. The van der Waals surface area contributed by atoms with Gasteiger partial charge in [-0.1, -0.05) is 12.1 Å². The molecule has 0 bridgehead atoms. The molecular formula is C17H14N2O3S. The lowest BCUT2D eigenvalue weighted by Gasteiger charge is -2.12. The second kappa shape index (κ2) is 7.92. The van der Waals surface area contributed by atoms with Crippen LogP contribution in [0.2, 0.25) is 0 Å². The lowest BCUT2D eigenvalue weighted by atomic mass is 10.2. The number of nitrogens with zero attached hydrogens (tertiary/aromatic N) is 1. The maximum absolute atomic E-state index is 12.0. The Morgan fingerprint density at radius 3 is 2.87 bits per heavy atom. The van der Waals surface area contributed by atoms with Crippen molar-refractivity contribution in [3.63, 3.8) is 0 Å². The topological polar surface area (TPSA) is 79.2 Å². The van der Waals surface area contributed by atoms with Crippen LogP contribution in [0, 0.1) is 11.3 Å². The summed E-state index contributed by atoms with van der Waals surface area (Å²) in [5.41, 5.74) is 0.914. The van der Waals surface area contributed by atoms with Gasteiger partial charge in [0.25, 0.3) is 5.91 Å². The highest BCUT2D eigenvalue weighted by Gasteiger charge is 2.16. The van der Waals surface area contributed by atoms with E-state index in [0.717, 1.165) is 4.88 Å². The van der Waals surface area contributed by atoms with Crippen LogP contribution in [-0.4, -0.2) is 18.0 Å². The fourth-order valence-corrected chi connectivity index (χ4v) is 2.33. The van der Waals surface area contributed by atoms with Crippen LogP contribution in [0.25, 0.3) is 6.08 Å². The number of carbonyl (C=O) groups is 2. The maximum atomic E-state index is 12.0. The van der Waals surface area contributed by atoms with Crippen LogP contribution >= 0.6 is 11.3 Å². The number of thiophene rings is 1. The Balaban J connectivity index is 1.89. The minimum absolute atomic E-state index is 0.436. The Hall–Kier alpha value is -2.91. The largest absolute Gasteiger partial charge is 0.449 e. The third-order valence-electron chi connectivity index (χ3n) is 2.85. The number of amides is 1. The Morgan fingerprint density at radius 1 is 1.35 bits per heavy atom. The Bertz CT molecular complexity index is 760. The van der Waals surface area contributed by atoms with E-state index in [0.29, 0.717) is 11.3 Å². The molecule has 1 aromatic heterocycles. The van der Waals surface area contributed by atoms with Crippen LogP contribution in [0.15, 0.2) is 47.9 Å². The summed E-state index contributed by atoms with van der Waals surface area (Å²) in [6, 6.07) is 12.2. The highest BCUT2D eigenvalue weighted by Crippen LogP contribution is 2.12.